The number of aromatic nitrogens is 1. The number of methoxy groups -OCH3 is 1. The predicted molar refractivity (Wildman–Crippen MR) is 92.1 cm³/mol. The predicted octanol–water partition coefficient (Wildman–Crippen LogP) is 4.08. The highest BCUT2D eigenvalue weighted by atomic mass is 35.5. The summed E-state index contributed by atoms with van der Waals surface area (Å²) in [5.74, 6) is 0.659. The van der Waals surface area contributed by atoms with E-state index in [2.05, 4.69) is 10.3 Å². The van der Waals surface area contributed by atoms with Gasteiger partial charge >= 0.3 is 0 Å². The molecular weight excluding hydrogens is 312 g/mol. The molecule has 0 fully saturated rings. The Hall–Kier alpha value is -2.59. The summed E-state index contributed by atoms with van der Waals surface area (Å²) >= 11 is 5.84. The number of benzene rings is 2. The van der Waals surface area contributed by atoms with Crippen LogP contribution < -0.4 is 10.1 Å². The third-order valence-corrected chi connectivity index (χ3v) is 3.71. The third kappa shape index (κ3) is 3.79. The number of pyridine rings is 1. The number of fused-ring (bicyclic) bond motifs is 1. The Morgan fingerprint density at radius 1 is 1.17 bits per heavy atom. The zero-order valence-corrected chi connectivity index (χ0v) is 13.3. The lowest BCUT2D eigenvalue weighted by Gasteiger charge is -2.07. The van der Waals surface area contributed by atoms with E-state index in [-0.39, 0.29) is 12.3 Å². The molecule has 3 rings (SSSR count). The second-order valence-electron chi connectivity index (χ2n) is 5.13. The molecule has 2 aromatic carbocycles. The fraction of sp³-hybridized carbons (Fsp3) is 0.111. The summed E-state index contributed by atoms with van der Waals surface area (Å²) in [6.45, 7) is 0. The van der Waals surface area contributed by atoms with Gasteiger partial charge in [0, 0.05) is 16.5 Å². The number of ether oxygens (including phenoxy) is 1. The number of nitrogens with one attached hydrogen (secondary N) is 1. The van der Waals surface area contributed by atoms with E-state index in [9.17, 15) is 4.79 Å². The summed E-state index contributed by atoms with van der Waals surface area (Å²) in [5, 5.41) is 4.46. The second-order valence-corrected chi connectivity index (χ2v) is 5.57. The van der Waals surface area contributed by atoms with Crippen molar-refractivity contribution in [3.8, 4) is 5.75 Å². The minimum absolute atomic E-state index is 0.0954. The summed E-state index contributed by atoms with van der Waals surface area (Å²) < 4.78 is 5.17. The molecule has 1 N–H and O–H groups in total. The van der Waals surface area contributed by atoms with Crippen LogP contribution in [-0.4, -0.2) is 18.0 Å². The van der Waals surface area contributed by atoms with Crippen LogP contribution in [0.5, 0.6) is 5.75 Å². The Balaban J connectivity index is 1.73. The third-order valence-electron chi connectivity index (χ3n) is 3.45. The van der Waals surface area contributed by atoms with E-state index in [1.165, 1.54) is 0 Å². The highest BCUT2D eigenvalue weighted by Gasteiger charge is 2.06. The Morgan fingerprint density at radius 3 is 2.70 bits per heavy atom. The molecule has 0 unspecified atom stereocenters. The van der Waals surface area contributed by atoms with E-state index in [0.717, 1.165) is 22.2 Å². The van der Waals surface area contributed by atoms with Gasteiger partial charge in [-0.05, 0) is 35.9 Å². The Bertz CT molecular complexity index is 847. The molecule has 0 spiro atoms. The highest BCUT2D eigenvalue weighted by Crippen LogP contribution is 2.21. The number of hydrogen-bond acceptors (Lipinski definition) is 3. The molecule has 23 heavy (non-hydrogen) atoms. The van der Waals surface area contributed by atoms with Gasteiger partial charge in [0.1, 0.15) is 5.75 Å². The Kier molecular flexibility index (Phi) is 4.44. The number of halogens is 1. The smallest absolute Gasteiger partial charge is 0.228 e. The first-order valence-electron chi connectivity index (χ1n) is 7.12. The van der Waals surface area contributed by atoms with Gasteiger partial charge in [-0.2, -0.15) is 0 Å². The average Bonchev–Trinajstić information content (AvgIpc) is 2.56. The summed E-state index contributed by atoms with van der Waals surface area (Å²) in [7, 11) is 1.62. The van der Waals surface area contributed by atoms with Gasteiger partial charge in [0.2, 0.25) is 5.91 Å². The van der Waals surface area contributed by atoms with Crippen molar-refractivity contribution in [1.29, 1.82) is 0 Å². The van der Waals surface area contributed by atoms with Crippen molar-refractivity contribution in [3.63, 3.8) is 0 Å². The number of carbonyl (C=O) groups is 1. The summed E-state index contributed by atoms with van der Waals surface area (Å²) in [6, 6.07) is 14.7. The van der Waals surface area contributed by atoms with Crippen LogP contribution in [0.1, 0.15) is 5.56 Å². The first-order chi connectivity index (χ1) is 11.1. The van der Waals surface area contributed by atoms with Gasteiger partial charge in [-0.15, -0.1) is 0 Å². The van der Waals surface area contributed by atoms with Crippen LogP contribution in [0.4, 0.5) is 5.69 Å². The van der Waals surface area contributed by atoms with E-state index in [4.69, 9.17) is 16.3 Å². The maximum Gasteiger partial charge on any atom is 0.228 e. The largest absolute Gasteiger partial charge is 0.497 e. The van der Waals surface area contributed by atoms with Gasteiger partial charge < -0.3 is 10.1 Å². The van der Waals surface area contributed by atoms with Crippen molar-refractivity contribution in [2.24, 2.45) is 0 Å². The van der Waals surface area contributed by atoms with Gasteiger partial charge in [-0.1, -0.05) is 23.7 Å². The lowest BCUT2D eigenvalue weighted by Crippen LogP contribution is -2.14. The topological polar surface area (TPSA) is 51.2 Å². The lowest BCUT2D eigenvalue weighted by molar-refractivity contribution is -0.115. The fourth-order valence-corrected chi connectivity index (χ4v) is 2.42. The molecule has 0 aliphatic rings. The van der Waals surface area contributed by atoms with Crippen molar-refractivity contribution in [1.82, 2.24) is 4.98 Å². The maximum atomic E-state index is 12.1. The number of carbonyl (C=O) groups excluding carboxylic acids is 1. The number of rotatable bonds is 4. The van der Waals surface area contributed by atoms with Crippen molar-refractivity contribution < 1.29 is 9.53 Å². The van der Waals surface area contributed by atoms with Crippen LogP contribution in [0.15, 0.2) is 54.7 Å². The van der Waals surface area contributed by atoms with E-state index in [1.54, 1.807) is 25.4 Å². The standard InChI is InChI=1S/C18H15ClN2O2/c1-23-16-7-4-13-9-15(11-20-17(13)10-16)21-18(22)8-12-2-5-14(19)6-3-12/h2-7,9-11H,8H2,1H3,(H,21,22). The van der Waals surface area contributed by atoms with E-state index < -0.39 is 0 Å². The molecule has 0 aliphatic heterocycles. The van der Waals surface area contributed by atoms with E-state index >= 15 is 0 Å². The molecule has 0 saturated heterocycles. The number of nitrogens with zero attached hydrogens (tertiary/aromatic N) is 1. The molecule has 1 heterocycles. The molecule has 0 radical (unpaired) electrons. The van der Waals surface area contributed by atoms with Gasteiger partial charge in [-0.3, -0.25) is 9.78 Å². The van der Waals surface area contributed by atoms with Crippen LogP contribution in [-0.2, 0) is 11.2 Å². The minimum atomic E-state index is -0.0954. The van der Waals surface area contributed by atoms with Crippen LogP contribution >= 0.6 is 11.6 Å². The Labute approximate surface area is 139 Å². The van der Waals surface area contributed by atoms with Gasteiger partial charge in [0.25, 0.3) is 0 Å². The maximum absolute atomic E-state index is 12.1. The van der Waals surface area contributed by atoms with Gasteiger partial charge in [-0.25, -0.2) is 0 Å². The first kappa shape index (κ1) is 15.3. The molecule has 0 saturated carbocycles. The normalized spacial score (nSPS) is 10.5. The van der Waals surface area contributed by atoms with Crippen LogP contribution in [0.2, 0.25) is 5.02 Å². The number of hydrogen-bond donors (Lipinski definition) is 1. The summed E-state index contributed by atoms with van der Waals surface area (Å²) in [4.78, 5) is 16.5. The molecule has 5 heteroatoms. The quantitative estimate of drug-likeness (QED) is 0.786. The first-order valence-corrected chi connectivity index (χ1v) is 7.50. The molecule has 0 atom stereocenters. The monoisotopic (exact) mass is 326 g/mol. The zero-order chi connectivity index (χ0) is 16.2. The highest BCUT2D eigenvalue weighted by molar-refractivity contribution is 6.30. The van der Waals surface area contributed by atoms with E-state index in [0.29, 0.717) is 10.7 Å². The van der Waals surface area contributed by atoms with Crippen molar-refractivity contribution in [2.75, 3.05) is 12.4 Å². The summed E-state index contributed by atoms with van der Waals surface area (Å²) in [6.07, 6.45) is 1.93. The molecule has 1 amide bonds. The Morgan fingerprint density at radius 2 is 1.96 bits per heavy atom. The number of amides is 1. The molecule has 3 aromatic rings. The molecule has 0 bridgehead atoms. The zero-order valence-electron chi connectivity index (χ0n) is 12.5. The van der Waals surface area contributed by atoms with E-state index in [1.807, 2.05) is 36.4 Å². The van der Waals surface area contributed by atoms with Gasteiger partial charge in [0.15, 0.2) is 0 Å². The fourth-order valence-electron chi connectivity index (χ4n) is 2.29. The molecule has 4 nitrogen and oxygen atoms in total. The molecule has 1 aromatic heterocycles. The van der Waals surface area contributed by atoms with Crippen molar-refractivity contribution in [3.05, 3.63) is 65.3 Å². The second kappa shape index (κ2) is 6.67. The number of anilines is 1. The minimum Gasteiger partial charge on any atom is -0.497 e. The molecule has 116 valence electrons. The SMILES string of the molecule is COc1ccc2cc(NC(=O)Cc3ccc(Cl)cc3)cnc2c1. The van der Waals surface area contributed by atoms with Crippen LogP contribution in [0, 0.1) is 0 Å². The summed E-state index contributed by atoms with van der Waals surface area (Å²) in [5.41, 5.74) is 2.40. The average molecular weight is 327 g/mol. The lowest BCUT2D eigenvalue weighted by atomic mass is 10.1. The van der Waals surface area contributed by atoms with Gasteiger partial charge in [0.05, 0.1) is 30.9 Å². The van der Waals surface area contributed by atoms with Crippen molar-refractivity contribution in [2.45, 2.75) is 6.42 Å². The van der Waals surface area contributed by atoms with Crippen molar-refractivity contribution >= 4 is 34.1 Å². The van der Waals surface area contributed by atoms with Crippen LogP contribution in [0.25, 0.3) is 10.9 Å². The van der Waals surface area contributed by atoms with Crippen LogP contribution in [0.3, 0.4) is 0 Å². The molecule has 0 aliphatic carbocycles. The molecular formula is C18H15ClN2O2.